The standard InChI is InChI=1S/C23H28N8O/c1-14(2)12-18(32)28-23-29-21(19-22(30-23)31(13-26-19)15(3)4)27-17-8-6-16(7-9-17)20-24-10-5-11-25-20/h5-11,13-15,18,32H,12H2,1-4H3,(H2,27,28,29,30)/t18-/m1/s1. The summed E-state index contributed by atoms with van der Waals surface area (Å²) in [6, 6.07) is 9.77. The molecule has 0 spiro atoms. The van der Waals surface area contributed by atoms with E-state index in [0.29, 0.717) is 41.1 Å². The molecule has 9 nitrogen and oxygen atoms in total. The molecule has 0 amide bonds. The van der Waals surface area contributed by atoms with Crippen LogP contribution in [0.4, 0.5) is 17.5 Å². The molecule has 166 valence electrons. The van der Waals surface area contributed by atoms with Crippen LogP contribution in [-0.2, 0) is 0 Å². The molecule has 32 heavy (non-hydrogen) atoms. The molecule has 4 aromatic rings. The molecular formula is C23H28N8O. The molecule has 0 saturated carbocycles. The maximum absolute atomic E-state index is 10.3. The Labute approximate surface area is 187 Å². The van der Waals surface area contributed by atoms with Gasteiger partial charge in [0, 0.05) is 29.7 Å². The normalized spacial score (nSPS) is 12.5. The van der Waals surface area contributed by atoms with Crippen LogP contribution in [0.2, 0.25) is 0 Å². The highest BCUT2D eigenvalue weighted by Gasteiger charge is 2.17. The summed E-state index contributed by atoms with van der Waals surface area (Å²) in [5, 5.41) is 16.7. The van der Waals surface area contributed by atoms with E-state index >= 15 is 0 Å². The highest BCUT2D eigenvalue weighted by molar-refractivity contribution is 5.86. The number of aliphatic hydroxyl groups is 1. The van der Waals surface area contributed by atoms with Gasteiger partial charge in [-0.3, -0.25) is 0 Å². The Morgan fingerprint density at radius 3 is 2.34 bits per heavy atom. The lowest BCUT2D eigenvalue weighted by Crippen LogP contribution is -2.22. The van der Waals surface area contributed by atoms with E-state index in [2.05, 4.69) is 63.2 Å². The van der Waals surface area contributed by atoms with Crippen molar-refractivity contribution in [3.05, 3.63) is 49.1 Å². The number of benzene rings is 1. The van der Waals surface area contributed by atoms with Gasteiger partial charge >= 0.3 is 0 Å². The first-order valence-electron chi connectivity index (χ1n) is 10.7. The lowest BCUT2D eigenvalue weighted by Gasteiger charge is -2.16. The minimum Gasteiger partial charge on any atom is -0.374 e. The van der Waals surface area contributed by atoms with E-state index in [9.17, 15) is 5.11 Å². The van der Waals surface area contributed by atoms with E-state index in [1.807, 2.05) is 28.8 Å². The van der Waals surface area contributed by atoms with Crippen LogP contribution in [0.1, 0.15) is 40.2 Å². The summed E-state index contributed by atoms with van der Waals surface area (Å²) in [7, 11) is 0. The van der Waals surface area contributed by atoms with Gasteiger partial charge in [-0.25, -0.2) is 15.0 Å². The summed E-state index contributed by atoms with van der Waals surface area (Å²) in [6.45, 7) is 8.25. The van der Waals surface area contributed by atoms with Crippen LogP contribution < -0.4 is 10.6 Å². The van der Waals surface area contributed by atoms with Crippen molar-refractivity contribution < 1.29 is 5.11 Å². The van der Waals surface area contributed by atoms with Gasteiger partial charge in [0.15, 0.2) is 22.8 Å². The maximum Gasteiger partial charge on any atom is 0.228 e. The van der Waals surface area contributed by atoms with Crippen molar-refractivity contribution in [3.63, 3.8) is 0 Å². The van der Waals surface area contributed by atoms with Gasteiger partial charge in [-0.2, -0.15) is 9.97 Å². The van der Waals surface area contributed by atoms with Crippen molar-refractivity contribution in [2.45, 2.75) is 46.4 Å². The molecule has 3 N–H and O–H groups in total. The van der Waals surface area contributed by atoms with Gasteiger partial charge in [-0.1, -0.05) is 13.8 Å². The molecule has 0 unspecified atom stereocenters. The SMILES string of the molecule is CC(C)C[C@@H](O)Nc1nc(Nc2ccc(-c3ncccn3)cc2)c2ncn(C(C)C)c2n1. The highest BCUT2D eigenvalue weighted by Crippen LogP contribution is 2.27. The molecule has 0 aliphatic heterocycles. The molecule has 1 aromatic carbocycles. The minimum absolute atomic E-state index is 0.182. The molecule has 1 atom stereocenters. The largest absolute Gasteiger partial charge is 0.374 e. The van der Waals surface area contributed by atoms with Crippen LogP contribution >= 0.6 is 0 Å². The molecule has 3 heterocycles. The van der Waals surface area contributed by atoms with E-state index < -0.39 is 6.23 Å². The van der Waals surface area contributed by atoms with Gasteiger partial charge in [-0.05, 0) is 56.5 Å². The zero-order valence-corrected chi connectivity index (χ0v) is 18.7. The summed E-state index contributed by atoms with van der Waals surface area (Å²) in [5.74, 6) is 1.93. The molecule has 0 aliphatic carbocycles. The second kappa shape index (κ2) is 9.27. The summed E-state index contributed by atoms with van der Waals surface area (Å²) in [4.78, 5) is 22.3. The van der Waals surface area contributed by atoms with Crippen LogP contribution in [0.15, 0.2) is 49.1 Å². The fourth-order valence-corrected chi connectivity index (χ4v) is 3.39. The number of imidazole rings is 1. The van der Waals surface area contributed by atoms with E-state index in [1.165, 1.54) is 0 Å². The predicted octanol–water partition coefficient (Wildman–Crippen LogP) is 4.38. The van der Waals surface area contributed by atoms with E-state index in [-0.39, 0.29) is 6.04 Å². The van der Waals surface area contributed by atoms with Gasteiger partial charge in [-0.15, -0.1) is 0 Å². The lowest BCUT2D eigenvalue weighted by molar-refractivity contribution is 0.175. The Kier molecular flexibility index (Phi) is 6.27. The number of aromatic nitrogens is 6. The van der Waals surface area contributed by atoms with Gasteiger partial charge in [0.2, 0.25) is 5.95 Å². The van der Waals surface area contributed by atoms with Crippen LogP contribution in [0.25, 0.3) is 22.6 Å². The Hall–Kier alpha value is -3.59. The first-order valence-corrected chi connectivity index (χ1v) is 10.7. The van der Waals surface area contributed by atoms with Gasteiger partial charge in [0.1, 0.15) is 6.23 Å². The summed E-state index contributed by atoms with van der Waals surface area (Å²) in [6.07, 6.45) is 5.07. The van der Waals surface area contributed by atoms with Crippen molar-refractivity contribution >= 4 is 28.6 Å². The first-order chi connectivity index (χ1) is 15.4. The molecular weight excluding hydrogens is 404 g/mol. The average Bonchev–Trinajstić information content (AvgIpc) is 3.19. The highest BCUT2D eigenvalue weighted by atomic mass is 16.3. The third-order valence-corrected chi connectivity index (χ3v) is 4.94. The molecule has 0 aliphatic rings. The number of nitrogens with zero attached hydrogens (tertiary/aromatic N) is 6. The molecule has 0 saturated heterocycles. The summed E-state index contributed by atoms with van der Waals surface area (Å²) in [5.41, 5.74) is 3.13. The smallest absolute Gasteiger partial charge is 0.228 e. The zero-order chi connectivity index (χ0) is 22.7. The summed E-state index contributed by atoms with van der Waals surface area (Å²) < 4.78 is 1.98. The van der Waals surface area contributed by atoms with Crippen molar-refractivity contribution in [1.29, 1.82) is 0 Å². The van der Waals surface area contributed by atoms with Crippen molar-refractivity contribution in [2.75, 3.05) is 10.6 Å². The monoisotopic (exact) mass is 432 g/mol. The first kappa shape index (κ1) is 21.6. The molecule has 0 bridgehead atoms. The Morgan fingerprint density at radius 1 is 0.969 bits per heavy atom. The number of hydrogen-bond donors (Lipinski definition) is 3. The fourth-order valence-electron chi connectivity index (χ4n) is 3.39. The maximum atomic E-state index is 10.3. The second-order valence-electron chi connectivity index (χ2n) is 8.38. The van der Waals surface area contributed by atoms with Crippen LogP contribution in [0.3, 0.4) is 0 Å². The van der Waals surface area contributed by atoms with Crippen molar-refractivity contribution in [2.24, 2.45) is 5.92 Å². The summed E-state index contributed by atoms with van der Waals surface area (Å²) >= 11 is 0. The predicted molar refractivity (Wildman–Crippen MR) is 126 cm³/mol. The molecule has 9 heteroatoms. The Balaban J connectivity index is 1.66. The van der Waals surface area contributed by atoms with E-state index in [4.69, 9.17) is 0 Å². The minimum atomic E-state index is -0.735. The fraction of sp³-hybridized carbons (Fsp3) is 0.348. The van der Waals surface area contributed by atoms with Crippen LogP contribution in [-0.4, -0.2) is 40.8 Å². The topological polar surface area (TPSA) is 114 Å². The molecule has 3 aromatic heterocycles. The quantitative estimate of drug-likeness (QED) is 0.351. The van der Waals surface area contributed by atoms with Crippen molar-refractivity contribution in [1.82, 2.24) is 29.5 Å². The number of hydrogen-bond acceptors (Lipinski definition) is 8. The number of anilines is 3. The Bertz CT molecular complexity index is 1170. The molecule has 0 radical (unpaired) electrons. The van der Waals surface area contributed by atoms with E-state index in [1.54, 1.807) is 24.8 Å². The van der Waals surface area contributed by atoms with Crippen LogP contribution in [0.5, 0.6) is 0 Å². The van der Waals surface area contributed by atoms with Crippen molar-refractivity contribution in [3.8, 4) is 11.4 Å². The average molecular weight is 433 g/mol. The number of nitrogens with one attached hydrogen (secondary N) is 2. The van der Waals surface area contributed by atoms with Gasteiger partial charge in [0.25, 0.3) is 0 Å². The number of rotatable bonds is 8. The van der Waals surface area contributed by atoms with Crippen LogP contribution in [0, 0.1) is 5.92 Å². The molecule has 0 fully saturated rings. The Morgan fingerprint density at radius 2 is 1.69 bits per heavy atom. The van der Waals surface area contributed by atoms with Gasteiger partial charge < -0.3 is 20.3 Å². The molecule has 4 rings (SSSR count). The lowest BCUT2D eigenvalue weighted by atomic mass is 10.1. The number of aliphatic hydroxyl groups excluding tert-OH is 1. The third kappa shape index (κ3) is 4.83. The second-order valence-corrected chi connectivity index (χ2v) is 8.38. The number of fused-ring (bicyclic) bond motifs is 1. The zero-order valence-electron chi connectivity index (χ0n) is 18.7. The van der Waals surface area contributed by atoms with Gasteiger partial charge in [0.05, 0.1) is 6.33 Å². The third-order valence-electron chi connectivity index (χ3n) is 4.94. The van der Waals surface area contributed by atoms with E-state index in [0.717, 1.165) is 11.3 Å².